The van der Waals surface area contributed by atoms with Crippen LogP contribution in [0.3, 0.4) is 0 Å². The minimum absolute atomic E-state index is 0.118. The first-order valence-corrected chi connectivity index (χ1v) is 17.4. The number of fused-ring (bicyclic) bond motifs is 5. The van der Waals surface area contributed by atoms with Gasteiger partial charge in [-0.15, -0.1) is 0 Å². The summed E-state index contributed by atoms with van der Waals surface area (Å²) < 4.78 is 17.9. The molecule has 49 heavy (non-hydrogen) atoms. The highest BCUT2D eigenvalue weighted by atomic mass is 16.6. The van der Waals surface area contributed by atoms with Crippen LogP contribution in [0.1, 0.15) is 97.4 Å². The van der Waals surface area contributed by atoms with E-state index < -0.39 is 11.2 Å². The van der Waals surface area contributed by atoms with Crippen molar-refractivity contribution in [3.05, 3.63) is 60.4 Å². The number of H-pyrrole nitrogens is 2. The fraction of sp³-hybridized carbons (Fsp3) is 0.474. The van der Waals surface area contributed by atoms with Gasteiger partial charge in [-0.2, -0.15) is 0 Å². The first-order chi connectivity index (χ1) is 23.3. The SMILES string of the molecule is CC(C)(C)OC(=O)N1CCC[C@@H]1c1ncc(-c2ccc3c(c2)oc2cc(-c4cnc([C@@H]5[C@H]6CC[C@H](C6)N5C(=O)OC(C)(C)C)[nH]4)ccc23)[nH]1. The Balaban J connectivity index is 1.03. The van der Waals surface area contributed by atoms with Gasteiger partial charge in [0, 0.05) is 34.5 Å². The van der Waals surface area contributed by atoms with E-state index in [0.29, 0.717) is 12.5 Å². The molecule has 3 aromatic heterocycles. The average Bonchev–Trinajstić information content (AvgIpc) is 3.87. The molecule has 1 saturated carbocycles. The van der Waals surface area contributed by atoms with Crippen molar-refractivity contribution in [3.8, 4) is 22.5 Å². The van der Waals surface area contributed by atoms with Gasteiger partial charge >= 0.3 is 12.2 Å². The Bertz CT molecular complexity index is 2060. The number of benzene rings is 2. The highest BCUT2D eigenvalue weighted by molar-refractivity contribution is 6.06. The van der Waals surface area contributed by atoms with Crippen molar-refractivity contribution < 1.29 is 23.5 Å². The number of piperidine rings is 1. The molecule has 256 valence electrons. The summed E-state index contributed by atoms with van der Waals surface area (Å²) in [4.78, 5) is 46.2. The summed E-state index contributed by atoms with van der Waals surface area (Å²) in [5, 5.41) is 2.05. The minimum Gasteiger partial charge on any atom is -0.456 e. The van der Waals surface area contributed by atoms with Crippen LogP contribution in [0.5, 0.6) is 0 Å². The molecule has 2 amide bonds. The van der Waals surface area contributed by atoms with E-state index in [0.717, 1.165) is 88.2 Å². The summed E-state index contributed by atoms with van der Waals surface area (Å²) in [5.41, 5.74) is 4.10. The van der Waals surface area contributed by atoms with E-state index in [9.17, 15) is 9.59 Å². The molecule has 3 fully saturated rings. The lowest BCUT2D eigenvalue weighted by molar-refractivity contribution is 0.00613. The van der Waals surface area contributed by atoms with Gasteiger partial charge < -0.3 is 23.9 Å². The number of nitrogens with zero attached hydrogens (tertiary/aromatic N) is 4. The summed E-state index contributed by atoms with van der Waals surface area (Å²) in [6.07, 6.45) is 7.90. The predicted octanol–water partition coefficient (Wildman–Crippen LogP) is 8.90. The van der Waals surface area contributed by atoms with Crippen LogP contribution in [0, 0.1) is 5.92 Å². The third-order valence-corrected chi connectivity index (χ3v) is 9.95. The molecule has 8 rings (SSSR count). The number of aromatic amines is 2. The van der Waals surface area contributed by atoms with Crippen molar-refractivity contribution in [2.75, 3.05) is 6.54 Å². The second kappa shape index (κ2) is 11.4. The standard InChI is InChI=1S/C38H44N6O5/c1-37(2,3)48-35(45)43-15-7-8-29(43)33-39-19-27(41-33)21-10-13-25-26-14-11-22(18-31(26)47-30(25)17-21)28-20-40-34(42-28)32-23-9-12-24(16-23)44(32)36(46)49-38(4,5)6/h10-11,13-14,17-20,23-24,29,32H,7-9,12,15-16H2,1-6H3,(H,39,41)(H,40,42)/t23-,24+,29+,32-/m0/s1. The molecular weight excluding hydrogens is 620 g/mol. The highest BCUT2D eigenvalue weighted by Gasteiger charge is 2.51. The molecule has 2 aliphatic heterocycles. The maximum atomic E-state index is 13.2. The summed E-state index contributed by atoms with van der Waals surface area (Å²) >= 11 is 0. The lowest BCUT2D eigenvalue weighted by Gasteiger charge is -2.35. The Hall–Kier alpha value is -4.80. The molecule has 2 N–H and O–H groups in total. The molecule has 1 aliphatic carbocycles. The topological polar surface area (TPSA) is 130 Å². The number of ether oxygens (including phenoxy) is 2. The van der Waals surface area contributed by atoms with E-state index in [2.05, 4.69) is 39.2 Å². The van der Waals surface area contributed by atoms with Crippen molar-refractivity contribution in [1.82, 2.24) is 29.7 Å². The number of furan rings is 1. The Morgan fingerprint density at radius 3 is 2.02 bits per heavy atom. The van der Waals surface area contributed by atoms with Gasteiger partial charge in [0.15, 0.2) is 0 Å². The Kier molecular flexibility index (Phi) is 7.31. The molecule has 5 aromatic rings. The van der Waals surface area contributed by atoms with Crippen molar-refractivity contribution in [2.45, 2.75) is 103 Å². The average molecular weight is 665 g/mol. The van der Waals surface area contributed by atoms with E-state index in [1.807, 2.05) is 71.0 Å². The third-order valence-electron chi connectivity index (χ3n) is 9.95. The summed E-state index contributed by atoms with van der Waals surface area (Å²) in [6, 6.07) is 12.3. The van der Waals surface area contributed by atoms with E-state index >= 15 is 0 Å². The maximum Gasteiger partial charge on any atom is 0.411 e. The molecule has 5 heterocycles. The van der Waals surface area contributed by atoms with Gasteiger partial charge in [0.2, 0.25) is 0 Å². The number of carbonyl (C=O) groups is 2. The van der Waals surface area contributed by atoms with E-state index in [1.54, 1.807) is 4.90 Å². The number of likely N-dealkylation sites (tertiary alicyclic amines) is 2. The lowest BCUT2D eigenvalue weighted by Crippen LogP contribution is -2.43. The van der Waals surface area contributed by atoms with Crippen LogP contribution in [0.4, 0.5) is 9.59 Å². The number of hydrogen-bond donors (Lipinski definition) is 2. The first kappa shape index (κ1) is 31.5. The summed E-state index contributed by atoms with van der Waals surface area (Å²) in [5.74, 6) is 1.93. The van der Waals surface area contributed by atoms with Crippen LogP contribution in [0.15, 0.2) is 53.2 Å². The van der Waals surface area contributed by atoms with Crippen LogP contribution in [-0.4, -0.2) is 65.7 Å². The zero-order valence-electron chi connectivity index (χ0n) is 29.0. The van der Waals surface area contributed by atoms with E-state index in [4.69, 9.17) is 18.9 Å². The number of imidazole rings is 2. The Labute approximate surface area is 285 Å². The molecular formula is C38H44N6O5. The van der Waals surface area contributed by atoms with Gasteiger partial charge in [0.25, 0.3) is 0 Å². The normalized spacial score (nSPS) is 22.5. The number of rotatable bonds is 4. The number of carbonyl (C=O) groups excluding carboxylic acids is 2. The van der Waals surface area contributed by atoms with Crippen molar-refractivity contribution in [2.24, 2.45) is 5.92 Å². The highest BCUT2D eigenvalue weighted by Crippen LogP contribution is 2.50. The zero-order chi connectivity index (χ0) is 34.2. The molecule has 4 atom stereocenters. The monoisotopic (exact) mass is 664 g/mol. The third kappa shape index (κ3) is 5.82. The fourth-order valence-electron chi connectivity index (χ4n) is 7.91. The van der Waals surface area contributed by atoms with Crippen LogP contribution in [0.2, 0.25) is 0 Å². The van der Waals surface area contributed by atoms with Crippen LogP contribution in [0.25, 0.3) is 44.5 Å². The summed E-state index contributed by atoms with van der Waals surface area (Å²) in [7, 11) is 0. The van der Waals surface area contributed by atoms with Crippen LogP contribution in [-0.2, 0) is 9.47 Å². The van der Waals surface area contributed by atoms with E-state index in [1.165, 1.54) is 0 Å². The molecule has 3 aliphatic rings. The molecule has 0 radical (unpaired) electrons. The molecule has 2 saturated heterocycles. The van der Waals surface area contributed by atoms with Crippen molar-refractivity contribution in [3.63, 3.8) is 0 Å². The number of hydrogen-bond acceptors (Lipinski definition) is 7. The zero-order valence-corrected chi connectivity index (χ0v) is 29.0. The van der Waals surface area contributed by atoms with Gasteiger partial charge in [0.1, 0.15) is 34.0 Å². The van der Waals surface area contributed by atoms with Gasteiger partial charge in [0.05, 0.1) is 35.9 Å². The second-order valence-corrected chi connectivity index (χ2v) is 15.8. The Morgan fingerprint density at radius 2 is 1.39 bits per heavy atom. The number of amides is 2. The number of nitrogens with one attached hydrogen (secondary N) is 2. The number of aromatic nitrogens is 4. The molecule has 2 bridgehead atoms. The van der Waals surface area contributed by atoms with Gasteiger partial charge in [-0.05, 0) is 104 Å². The van der Waals surface area contributed by atoms with Crippen molar-refractivity contribution in [1.29, 1.82) is 0 Å². The molecule has 11 heteroatoms. The summed E-state index contributed by atoms with van der Waals surface area (Å²) in [6.45, 7) is 12.0. The largest absolute Gasteiger partial charge is 0.456 e. The quantitative estimate of drug-likeness (QED) is 0.196. The van der Waals surface area contributed by atoms with Gasteiger partial charge in [-0.25, -0.2) is 19.6 Å². The Morgan fingerprint density at radius 1 is 0.796 bits per heavy atom. The van der Waals surface area contributed by atoms with Gasteiger partial charge in [-0.1, -0.05) is 12.1 Å². The van der Waals surface area contributed by atoms with Crippen molar-refractivity contribution >= 4 is 34.1 Å². The maximum absolute atomic E-state index is 13.2. The van der Waals surface area contributed by atoms with E-state index in [-0.39, 0.29) is 30.3 Å². The molecule has 2 aromatic carbocycles. The smallest absolute Gasteiger partial charge is 0.411 e. The molecule has 0 unspecified atom stereocenters. The second-order valence-electron chi connectivity index (χ2n) is 15.8. The minimum atomic E-state index is -0.553. The first-order valence-electron chi connectivity index (χ1n) is 17.4. The fourth-order valence-corrected chi connectivity index (χ4v) is 7.91. The van der Waals surface area contributed by atoms with Crippen LogP contribution >= 0.6 is 0 Å². The molecule has 0 spiro atoms. The lowest BCUT2D eigenvalue weighted by atomic mass is 9.98. The van der Waals surface area contributed by atoms with Crippen LogP contribution < -0.4 is 0 Å². The predicted molar refractivity (Wildman–Crippen MR) is 186 cm³/mol. The van der Waals surface area contributed by atoms with Gasteiger partial charge in [-0.3, -0.25) is 9.80 Å². The molecule has 11 nitrogen and oxygen atoms in total.